The van der Waals surface area contributed by atoms with Crippen molar-refractivity contribution in [3.63, 3.8) is 0 Å². The molecule has 0 unspecified atom stereocenters. The number of hydrogen-bond acceptors (Lipinski definition) is 2. The molecule has 0 radical (unpaired) electrons. The highest BCUT2D eigenvalue weighted by Gasteiger charge is 2.10. The smallest absolute Gasteiger partial charge is 0.251 e. The number of carbonyl (C=O) groups is 1. The van der Waals surface area contributed by atoms with Crippen LogP contribution in [0, 0.1) is 12.7 Å². The molecule has 27 heavy (non-hydrogen) atoms. The molecule has 0 fully saturated rings. The van der Waals surface area contributed by atoms with Crippen molar-refractivity contribution in [1.29, 1.82) is 0 Å². The van der Waals surface area contributed by atoms with E-state index >= 15 is 0 Å². The van der Waals surface area contributed by atoms with E-state index in [0.717, 1.165) is 22.3 Å². The van der Waals surface area contributed by atoms with Gasteiger partial charge in [0.05, 0.1) is 13.2 Å². The number of benzene rings is 3. The van der Waals surface area contributed by atoms with Crippen molar-refractivity contribution in [2.75, 3.05) is 0 Å². The first-order valence-corrected chi connectivity index (χ1v) is 8.85. The number of hydrogen-bond donors (Lipinski definition) is 1. The van der Waals surface area contributed by atoms with Gasteiger partial charge in [0.15, 0.2) is 0 Å². The summed E-state index contributed by atoms with van der Waals surface area (Å²) in [5.41, 5.74) is 4.25. The Labute approximate surface area is 158 Å². The minimum absolute atomic E-state index is 0.280. The fourth-order valence-electron chi connectivity index (χ4n) is 2.81. The zero-order valence-electron chi connectivity index (χ0n) is 15.2. The predicted octanol–water partition coefficient (Wildman–Crippen LogP) is 4.78. The highest BCUT2D eigenvalue weighted by Crippen LogP contribution is 2.12. The van der Waals surface area contributed by atoms with Gasteiger partial charge in [-0.15, -0.1) is 0 Å². The highest BCUT2D eigenvalue weighted by molar-refractivity contribution is 5.95. The topological polar surface area (TPSA) is 38.3 Å². The lowest BCUT2D eigenvalue weighted by atomic mass is 10.1. The Hall–Kier alpha value is -2.98. The summed E-state index contributed by atoms with van der Waals surface area (Å²) in [4.78, 5) is 12.3. The third-order valence-electron chi connectivity index (χ3n) is 4.27. The fourth-order valence-corrected chi connectivity index (χ4v) is 2.81. The molecular weight excluding hydrogens is 341 g/mol. The van der Waals surface area contributed by atoms with E-state index in [1.54, 1.807) is 13.0 Å². The molecule has 138 valence electrons. The van der Waals surface area contributed by atoms with E-state index < -0.39 is 5.82 Å². The van der Waals surface area contributed by atoms with Crippen molar-refractivity contribution in [2.45, 2.75) is 26.7 Å². The minimum Gasteiger partial charge on any atom is -0.372 e. The molecule has 3 nitrogen and oxygen atoms in total. The van der Waals surface area contributed by atoms with Gasteiger partial charge in [-0.05, 0) is 41.3 Å². The Kier molecular flexibility index (Phi) is 6.34. The molecule has 0 atom stereocenters. The second-order valence-corrected chi connectivity index (χ2v) is 6.44. The van der Waals surface area contributed by atoms with Crippen LogP contribution in [0.3, 0.4) is 0 Å². The summed E-state index contributed by atoms with van der Waals surface area (Å²) < 4.78 is 19.1. The quantitative estimate of drug-likeness (QED) is 0.656. The maximum atomic E-state index is 13.4. The lowest BCUT2D eigenvalue weighted by Crippen LogP contribution is -2.23. The molecule has 0 bridgehead atoms. The van der Waals surface area contributed by atoms with Gasteiger partial charge in [-0.1, -0.05) is 60.7 Å². The monoisotopic (exact) mass is 363 g/mol. The molecule has 3 rings (SSSR count). The van der Waals surface area contributed by atoms with E-state index in [-0.39, 0.29) is 5.91 Å². The van der Waals surface area contributed by atoms with Gasteiger partial charge >= 0.3 is 0 Å². The molecule has 0 saturated carbocycles. The molecule has 1 amide bonds. The van der Waals surface area contributed by atoms with Gasteiger partial charge < -0.3 is 10.1 Å². The maximum Gasteiger partial charge on any atom is 0.251 e. The van der Waals surface area contributed by atoms with Crippen LogP contribution < -0.4 is 5.32 Å². The van der Waals surface area contributed by atoms with Crippen LogP contribution in [-0.4, -0.2) is 5.91 Å². The van der Waals surface area contributed by atoms with E-state index in [1.807, 2.05) is 54.6 Å². The van der Waals surface area contributed by atoms with Crippen LogP contribution in [0.25, 0.3) is 0 Å². The SMILES string of the molecule is Cc1ccc(F)cc1C(=O)NCc1cccc(COCc2ccccc2)c1. The van der Waals surface area contributed by atoms with Crippen molar-refractivity contribution in [1.82, 2.24) is 5.32 Å². The van der Waals surface area contributed by atoms with Gasteiger partial charge in [0.2, 0.25) is 0 Å². The zero-order chi connectivity index (χ0) is 19.1. The summed E-state index contributed by atoms with van der Waals surface area (Å²) in [5, 5.41) is 2.85. The molecule has 4 heteroatoms. The van der Waals surface area contributed by atoms with E-state index in [0.29, 0.717) is 25.3 Å². The van der Waals surface area contributed by atoms with Crippen LogP contribution in [0.1, 0.15) is 32.6 Å². The minimum atomic E-state index is -0.414. The molecular formula is C23H22FNO2. The molecule has 0 aliphatic carbocycles. The van der Waals surface area contributed by atoms with E-state index in [1.165, 1.54) is 12.1 Å². The van der Waals surface area contributed by atoms with Crippen LogP contribution in [0.4, 0.5) is 4.39 Å². The van der Waals surface area contributed by atoms with E-state index in [9.17, 15) is 9.18 Å². The second kappa shape index (κ2) is 9.10. The van der Waals surface area contributed by atoms with Crippen molar-refractivity contribution < 1.29 is 13.9 Å². The van der Waals surface area contributed by atoms with Crippen LogP contribution in [0.5, 0.6) is 0 Å². The average molecular weight is 363 g/mol. The summed E-state index contributed by atoms with van der Waals surface area (Å²) >= 11 is 0. The molecule has 0 saturated heterocycles. The molecule has 0 spiro atoms. The van der Waals surface area contributed by atoms with Crippen LogP contribution in [0.2, 0.25) is 0 Å². The lowest BCUT2D eigenvalue weighted by Gasteiger charge is -2.10. The average Bonchev–Trinajstić information content (AvgIpc) is 2.69. The summed E-state index contributed by atoms with van der Waals surface area (Å²) in [5.74, 6) is -0.693. The normalized spacial score (nSPS) is 10.6. The van der Waals surface area contributed by atoms with E-state index in [2.05, 4.69) is 5.32 Å². The number of rotatable bonds is 7. The highest BCUT2D eigenvalue weighted by atomic mass is 19.1. The summed E-state index contributed by atoms with van der Waals surface area (Å²) in [6, 6.07) is 22.1. The standard InChI is InChI=1S/C23H22FNO2/c1-17-10-11-21(24)13-22(17)23(26)25-14-19-8-5-9-20(12-19)16-27-15-18-6-3-2-4-7-18/h2-13H,14-16H2,1H3,(H,25,26). The lowest BCUT2D eigenvalue weighted by molar-refractivity contribution is 0.0949. The van der Waals surface area contributed by atoms with Gasteiger partial charge in [0.25, 0.3) is 5.91 Å². The van der Waals surface area contributed by atoms with Crippen molar-refractivity contribution in [3.8, 4) is 0 Å². The number of ether oxygens (including phenoxy) is 1. The second-order valence-electron chi connectivity index (χ2n) is 6.44. The first-order valence-electron chi connectivity index (χ1n) is 8.85. The maximum absolute atomic E-state index is 13.4. The zero-order valence-corrected chi connectivity index (χ0v) is 15.2. The Morgan fingerprint density at radius 1 is 0.889 bits per heavy atom. The molecule has 0 aliphatic rings. The number of nitrogens with one attached hydrogen (secondary N) is 1. The van der Waals surface area contributed by atoms with Gasteiger partial charge in [0, 0.05) is 12.1 Å². The number of amides is 1. The van der Waals surface area contributed by atoms with Crippen molar-refractivity contribution in [2.24, 2.45) is 0 Å². The number of aryl methyl sites for hydroxylation is 1. The molecule has 1 N–H and O–H groups in total. The molecule has 0 aromatic heterocycles. The van der Waals surface area contributed by atoms with Gasteiger partial charge in [-0.3, -0.25) is 4.79 Å². The van der Waals surface area contributed by atoms with Crippen molar-refractivity contribution >= 4 is 5.91 Å². The first-order chi connectivity index (χ1) is 13.1. The first kappa shape index (κ1) is 18.8. The Balaban J connectivity index is 1.54. The molecule has 3 aromatic carbocycles. The molecule has 3 aromatic rings. The van der Waals surface area contributed by atoms with Crippen LogP contribution in [0.15, 0.2) is 72.8 Å². The Bertz CT molecular complexity index is 909. The largest absolute Gasteiger partial charge is 0.372 e. The van der Waals surface area contributed by atoms with Crippen LogP contribution >= 0.6 is 0 Å². The molecule has 0 heterocycles. The molecule has 0 aliphatic heterocycles. The van der Waals surface area contributed by atoms with E-state index in [4.69, 9.17) is 4.74 Å². The van der Waals surface area contributed by atoms with Crippen LogP contribution in [-0.2, 0) is 24.5 Å². The summed E-state index contributed by atoms with van der Waals surface area (Å²) in [7, 11) is 0. The number of halogens is 1. The Morgan fingerprint density at radius 3 is 2.41 bits per heavy atom. The van der Waals surface area contributed by atoms with Gasteiger partial charge in [-0.2, -0.15) is 0 Å². The van der Waals surface area contributed by atoms with Gasteiger partial charge in [0.1, 0.15) is 5.82 Å². The predicted molar refractivity (Wildman–Crippen MR) is 104 cm³/mol. The summed E-state index contributed by atoms with van der Waals surface area (Å²) in [6.07, 6.45) is 0. The summed E-state index contributed by atoms with van der Waals surface area (Å²) in [6.45, 7) is 3.22. The Morgan fingerprint density at radius 2 is 1.59 bits per heavy atom. The van der Waals surface area contributed by atoms with Crippen molar-refractivity contribution in [3.05, 3.63) is 106 Å². The third kappa shape index (κ3) is 5.50. The number of carbonyl (C=O) groups excluding carboxylic acids is 1. The fraction of sp³-hybridized carbons (Fsp3) is 0.174. The van der Waals surface area contributed by atoms with Gasteiger partial charge in [-0.25, -0.2) is 4.39 Å². The third-order valence-corrected chi connectivity index (χ3v) is 4.27.